The van der Waals surface area contributed by atoms with E-state index < -0.39 is 0 Å². The molecule has 2 fully saturated rings. The first kappa shape index (κ1) is 47.5. The zero-order chi connectivity index (χ0) is 43.9. The molecule has 0 radical (unpaired) electrons. The number of benzene rings is 3. The van der Waals surface area contributed by atoms with Gasteiger partial charge in [-0.3, -0.25) is 19.8 Å². The Hall–Kier alpha value is -3.56. The lowest BCUT2D eigenvalue weighted by Gasteiger charge is -2.27. The quantitative estimate of drug-likeness (QED) is 0.124. The summed E-state index contributed by atoms with van der Waals surface area (Å²) in [4.78, 5) is 15.4. The molecule has 2 aliphatic heterocycles. The van der Waals surface area contributed by atoms with Crippen molar-refractivity contribution in [3.05, 3.63) is 80.9 Å². The zero-order valence-corrected chi connectivity index (χ0v) is 39.4. The maximum atomic E-state index is 11.7. The van der Waals surface area contributed by atoms with E-state index in [-0.39, 0.29) is 33.2 Å². The standard InChI is InChI=1S/C52H78N4O4/c1-49(2,3)41-29-39(47(57)43(33-41)51(7,8)9)35-53-45-31-37(17-13-15-19-55-21-25-59-26-22-55)38(18-14-16-20-56-23-27-60-28-24-56)32-46(45)54-36-40-30-42(50(4,5)6)34-44(48(40)58)52(10,11)12/h29-36,57-58H,13-28H2,1-12H3. The van der Waals surface area contributed by atoms with Gasteiger partial charge in [0.1, 0.15) is 11.5 Å². The molecule has 8 heteroatoms. The second-order valence-electron chi connectivity index (χ2n) is 21.4. The van der Waals surface area contributed by atoms with Gasteiger partial charge in [-0.25, -0.2) is 0 Å². The van der Waals surface area contributed by atoms with Crippen molar-refractivity contribution in [1.82, 2.24) is 9.80 Å². The van der Waals surface area contributed by atoms with Crippen LogP contribution < -0.4 is 0 Å². The number of phenols is 2. The van der Waals surface area contributed by atoms with Crippen molar-refractivity contribution in [3.63, 3.8) is 0 Å². The second kappa shape index (κ2) is 20.1. The molecule has 8 nitrogen and oxygen atoms in total. The van der Waals surface area contributed by atoms with Crippen LogP contribution in [0.2, 0.25) is 0 Å². The minimum Gasteiger partial charge on any atom is -0.507 e. The number of aromatic hydroxyl groups is 2. The van der Waals surface area contributed by atoms with Gasteiger partial charge in [-0.05, 0) is 120 Å². The molecule has 0 bridgehead atoms. The molecule has 2 aliphatic rings. The Morgan fingerprint density at radius 3 is 1.17 bits per heavy atom. The van der Waals surface area contributed by atoms with Crippen LogP contribution in [0.4, 0.5) is 11.4 Å². The van der Waals surface area contributed by atoms with E-state index in [0.717, 1.165) is 138 Å². The van der Waals surface area contributed by atoms with Gasteiger partial charge in [0.15, 0.2) is 0 Å². The van der Waals surface area contributed by atoms with Gasteiger partial charge in [-0.15, -0.1) is 0 Å². The van der Waals surface area contributed by atoms with Crippen LogP contribution in [0.25, 0.3) is 0 Å². The van der Waals surface area contributed by atoms with Crippen LogP contribution in [0.5, 0.6) is 11.5 Å². The van der Waals surface area contributed by atoms with Gasteiger partial charge in [0.2, 0.25) is 0 Å². The molecule has 2 saturated heterocycles. The first-order chi connectivity index (χ1) is 28.1. The van der Waals surface area contributed by atoms with Crippen LogP contribution in [-0.4, -0.2) is 98.1 Å². The third-order valence-electron chi connectivity index (χ3n) is 12.2. The monoisotopic (exact) mass is 823 g/mol. The highest BCUT2D eigenvalue weighted by atomic mass is 16.5. The number of hydrogen-bond donors (Lipinski definition) is 2. The normalized spacial score (nSPS) is 16.7. The van der Waals surface area contributed by atoms with Crippen LogP contribution in [-0.2, 0) is 44.0 Å². The molecule has 3 aromatic carbocycles. The summed E-state index contributed by atoms with van der Waals surface area (Å²) < 4.78 is 11.2. The fourth-order valence-corrected chi connectivity index (χ4v) is 8.09. The van der Waals surface area contributed by atoms with Crippen molar-refractivity contribution in [2.24, 2.45) is 9.98 Å². The fourth-order valence-electron chi connectivity index (χ4n) is 8.09. The maximum Gasteiger partial charge on any atom is 0.128 e. The Balaban J connectivity index is 1.60. The molecule has 0 atom stereocenters. The Labute approximate surface area is 363 Å². The summed E-state index contributed by atoms with van der Waals surface area (Å²) in [5.41, 5.74) is 8.93. The first-order valence-corrected chi connectivity index (χ1v) is 22.7. The molecule has 3 aromatic rings. The summed E-state index contributed by atoms with van der Waals surface area (Å²) in [6.07, 6.45) is 9.97. The number of phenolic OH excluding ortho intramolecular Hbond substituents is 2. The number of rotatable bonds is 14. The van der Waals surface area contributed by atoms with Crippen LogP contribution in [0, 0.1) is 0 Å². The van der Waals surface area contributed by atoms with Gasteiger partial charge < -0.3 is 19.7 Å². The molecule has 0 amide bonds. The molecule has 0 spiro atoms. The molecule has 5 rings (SSSR count). The number of morpholine rings is 2. The maximum absolute atomic E-state index is 11.7. The van der Waals surface area contributed by atoms with Gasteiger partial charge in [-0.2, -0.15) is 0 Å². The molecule has 330 valence electrons. The lowest BCUT2D eigenvalue weighted by Crippen LogP contribution is -2.36. The third kappa shape index (κ3) is 13.2. The summed E-state index contributed by atoms with van der Waals surface area (Å²) in [5, 5.41) is 23.4. The van der Waals surface area contributed by atoms with Gasteiger partial charge in [0.25, 0.3) is 0 Å². The van der Waals surface area contributed by atoms with Crippen molar-refractivity contribution in [1.29, 1.82) is 0 Å². The molecule has 60 heavy (non-hydrogen) atoms. The zero-order valence-electron chi connectivity index (χ0n) is 39.4. The van der Waals surface area contributed by atoms with E-state index in [0.29, 0.717) is 11.1 Å². The Bertz CT molecular complexity index is 1800. The fraction of sp³-hybridized carbons (Fsp3) is 0.615. The summed E-state index contributed by atoms with van der Waals surface area (Å²) in [7, 11) is 0. The lowest BCUT2D eigenvalue weighted by molar-refractivity contribution is 0.0371. The smallest absolute Gasteiger partial charge is 0.128 e. The van der Waals surface area contributed by atoms with Crippen LogP contribution in [0.3, 0.4) is 0 Å². The van der Waals surface area contributed by atoms with Crippen LogP contribution in [0.1, 0.15) is 153 Å². The third-order valence-corrected chi connectivity index (χ3v) is 12.2. The van der Waals surface area contributed by atoms with E-state index in [9.17, 15) is 10.2 Å². The highest BCUT2D eigenvalue weighted by Gasteiger charge is 2.26. The summed E-state index contributed by atoms with van der Waals surface area (Å²) in [5.74, 6) is 0.534. The van der Waals surface area contributed by atoms with Gasteiger partial charge in [0, 0.05) is 60.9 Å². The topological polar surface area (TPSA) is 90.1 Å². The van der Waals surface area contributed by atoms with Crippen molar-refractivity contribution in [3.8, 4) is 11.5 Å². The molecule has 0 aromatic heterocycles. The molecule has 0 saturated carbocycles. The summed E-state index contributed by atoms with van der Waals surface area (Å²) in [6.45, 7) is 35.6. The number of aliphatic imine (C=N–C) groups is 2. The highest BCUT2D eigenvalue weighted by molar-refractivity contribution is 5.91. The molecular formula is C52H78N4O4. The Morgan fingerprint density at radius 1 is 0.500 bits per heavy atom. The lowest BCUT2D eigenvalue weighted by atomic mass is 9.79. The average Bonchev–Trinajstić information content (AvgIpc) is 3.17. The molecule has 2 heterocycles. The van der Waals surface area contributed by atoms with E-state index in [1.54, 1.807) is 0 Å². The van der Waals surface area contributed by atoms with E-state index in [1.165, 1.54) is 11.1 Å². The minimum absolute atomic E-state index is 0.112. The largest absolute Gasteiger partial charge is 0.507 e. The molecule has 0 aliphatic carbocycles. The number of unbranched alkanes of at least 4 members (excludes halogenated alkanes) is 2. The summed E-state index contributed by atoms with van der Waals surface area (Å²) in [6, 6.07) is 12.9. The van der Waals surface area contributed by atoms with Crippen molar-refractivity contribution in [2.75, 3.05) is 65.7 Å². The van der Waals surface area contributed by atoms with Crippen molar-refractivity contribution < 1.29 is 19.7 Å². The van der Waals surface area contributed by atoms with Crippen LogP contribution >= 0.6 is 0 Å². The summed E-state index contributed by atoms with van der Waals surface area (Å²) >= 11 is 0. The number of hydrogen-bond acceptors (Lipinski definition) is 8. The predicted molar refractivity (Wildman–Crippen MR) is 252 cm³/mol. The SMILES string of the molecule is CC(C)(C)c1cc(C=Nc2cc(CCCCN3CCOCC3)c(CCCCN3CCOCC3)cc2N=Cc2cc(C(C)(C)C)cc(C(C)(C)C)c2O)c(O)c(C(C)(C)C)c1. The number of nitrogens with zero attached hydrogens (tertiary/aromatic N) is 4. The van der Waals surface area contributed by atoms with Gasteiger partial charge in [-0.1, -0.05) is 95.2 Å². The Morgan fingerprint density at radius 2 is 0.850 bits per heavy atom. The van der Waals surface area contributed by atoms with Crippen LogP contribution in [0.15, 0.2) is 46.4 Å². The second-order valence-corrected chi connectivity index (χ2v) is 21.4. The molecular weight excluding hydrogens is 745 g/mol. The number of ether oxygens (including phenoxy) is 2. The van der Waals surface area contributed by atoms with E-state index in [2.05, 4.69) is 129 Å². The highest BCUT2D eigenvalue weighted by Crippen LogP contribution is 2.40. The molecule has 0 unspecified atom stereocenters. The predicted octanol–water partition coefficient (Wildman–Crippen LogP) is 11.1. The van der Waals surface area contributed by atoms with E-state index in [4.69, 9.17) is 19.5 Å². The van der Waals surface area contributed by atoms with E-state index >= 15 is 0 Å². The van der Waals surface area contributed by atoms with Gasteiger partial charge in [0.05, 0.1) is 37.8 Å². The van der Waals surface area contributed by atoms with Crippen molar-refractivity contribution in [2.45, 2.75) is 143 Å². The Kier molecular flexibility index (Phi) is 15.9. The minimum atomic E-state index is -0.253. The molecule has 2 N–H and O–H groups in total. The van der Waals surface area contributed by atoms with Crippen molar-refractivity contribution >= 4 is 23.8 Å². The first-order valence-electron chi connectivity index (χ1n) is 22.7. The van der Waals surface area contributed by atoms with E-state index in [1.807, 2.05) is 12.4 Å². The van der Waals surface area contributed by atoms with Gasteiger partial charge >= 0.3 is 0 Å². The number of aryl methyl sites for hydroxylation is 2. The average molecular weight is 823 g/mol.